The van der Waals surface area contributed by atoms with Crippen molar-refractivity contribution >= 4 is 11.7 Å². The zero-order valence-electron chi connectivity index (χ0n) is 6.44. The smallest absolute Gasteiger partial charge is 0.311 e. The quantitative estimate of drug-likeness (QED) is 0.477. The van der Waals surface area contributed by atoms with Gasteiger partial charge in [0.25, 0.3) is 0 Å². The Balaban J connectivity index is 3.47. The Morgan fingerprint density at radius 3 is 2.60 bits per heavy atom. The lowest BCUT2D eigenvalue weighted by Gasteiger charge is -1.98. The second-order valence-electron chi connectivity index (χ2n) is 2.11. The third-order valence-electron chi connectivity index (χ3n) is 1.14. The number of rotatable bonds is 4. The average molecular weight is 143 g/mol. The Morgan fingerprint density at radius 1 is 1.60 bits per heavy atom. The molecule has 0 aliphatic rings. The fourth-order valence-corrected chi connectivity index (χ4v) is 0.637. The van der Waals surface area contributed by atoms with Gasteiger partial charge in [0, 0.05) is 5.71 Å². The zero-order chi connectivity index (χ0) is 7.98. The molecule has 0 heterocycles. The highest BCUT2D eigenvalue weighted by atomic mass is 16.5. The molecule has 0 radical (unpaired) electrons. The summed E-state index contributed by atoms with van der Waals surface area (Å²) in [5, 5.41) is 7.22. The number of methoxy groups -OCH3 is 1. The lowest BCUT2D eigenvalue weighted by Crippen LogP contribution is -2.07. The van der Waals surface area contributed by atoms with Crippen LogP contribution >= 0.6 is 0 Å². The van der Waals surface area contributed by atoms with Crippen LogP contribution in [0.25, 0.3) is 0 Å². The molecular formula is C7H13NO2. The van der Waals surface area contributed by atoms with Gasteiger partial charge in [0.2, 0.25) is 0 Å². The van der Waals surface area contributed by atoms with Crippen molar-refractivity contribution in [2.75, 3.05) is 7.11 Å². The number of ether oxygens (including phenoxy) is 1. The van der Waals surface area contributed by atoms with E-state index in [9.17, 15) is 4.79 Å². The molecule has 0 unspecified atom stereocenters. The van der Waals surface area contributed by atoms with Crippen molar-refractivity contribution < 1.29 is 9.53 Å². The van der Waals surface area contributed by atoms with Gasteiger partial charge >= 0.3 is 5.97 Å². The Kier molecular flexibility index (Phi) is 4.54. The van der Waals surface area contributed by atoms with Gasteiger partial charge in [0.1, 0.15) is 0 Å². The van der Waals surface area contributed by atoms with Crippen molar-refractivity contribution in [3.8, 4) is 0 Å². The molecule has 0 fully saturated rings. The van der Waals surface area contributed by atoms with Crippen molar-refractivity contribution in [3.63, 3.8) is 0 Å². The minimum Gasteiger partial charge on any atom is -0.469 e. The van der Waals surface area contributed by atoms with Gasteiger partial charge in [-0.25, -0.2) is 0 Å². The molecule has 0 spiro atoms. The van der Waals surface area contributed by atoms with Crippen LogP contribution in [0.3, 0.4) is 0 Å². The first-order valence-corrected chi connectivity index (χ1v) is 3.33. The Hall–Kier alpha value is -0.860. The van der Waals surface area contributed by atoms with Crippen molar-refractivity contribution in [3.05, 3.63) is 0 Å². The molecule has 0 amide bonds. The molecule has 0 saturated carbocycles. The van der Waals surface area contributed by atoms with Crippen molar-refractivity contribution in [2.45, 2.75) is 26.2 Å². The fourth-order valence-electron chi connectivity index (χ4n) is 0.637. The molecular weight excluding hydrogens is 130 g/mol. The van der Waals surface area contributed by atoms with Crippen LogP contribution in [-0.2, 0) is 9.53 Å². The predicted molar refractivity (Wildman–Crippen MR) is 39.3 cm³/mol. The van der Waals surface area contributed by atoms with Gasteiger partial charge in [-0.2, -0.15) is 0 Å². The maximum absolute atomic E-state index is 10.5. The molecule has 0 saturated heterocycles. The summed E-state index contributed by atoms with van der Waals surface area (Å²) in [5.41, 5.74) is 0.453. The van der Waals surface area contributed by atoms with Gasteiger partial charge in [0.05, 0.1) is 13.5 Å². The molecule has 0 aliphatic carbocycles. The molecule has 0 aromatic carbocycles. The first-order chi connectivity index (χ1) is 4.70. The summed E-state index contributed by atoms with van der Waals surface area (Å²) < 4.78 is 4.39. The monoisotopic (exact) mass is 143 g/mol. The molecule has 1 N–H and O–H groups in total. The van der Waals surface area contributed by atoms with Gasteiger partial charge in [-0.05, 0) is 6.42 Å². The lowest BCUT2D eigenvalue weighted by molar-refractivity contribution is -0.139. The lowest BCUT2D eigenvalue weighted by atomic mass is 10.2. The van der Waals surface area contributed by atoms with Crippen LogP contribution < -0.4 is 0 Å². The van der Waals surface area contributed by atoms with E-state index in [1.807, 2.05) is 6.92 Å². The second-order valence-corrected chi connectivity index (χ2v) is 2.11. The van der Waals surface area contributed by atoms with Gasteiger partial charge in [-0.3, -0.25) is 4.79 Å². The molecule has 0 aromatic heterocycles. The summed E-state index contributed by atoms with van der Waals surface area (Å²) in [5.74, 6) is -0.321. The highest BCUT2D eigenvalue weighted by Crippen LogP contribution is 1.95. The number of hydrogen-bond acceptors (Lipinski definition) is 3. The van der Waals surface area contributed by atoms with Crippen molar-refractivity contribution in [1.82, 2.24) is 0 Å². The van der Waals surface area contributed by atoms with Crippen LogP contribution in [0.15, 0.2) is 0 Å². The molecule has 3 heteroatoms. The normalized spacial score (nSPS) is 9.00. The molecule has 0 bridgehead atoms. The van der Waals surface area contributed by atoms with Crippen LogP contribution in [0.4, 0.5) is 0 Å². The number of carbonyl (C=O) groups is 1. The number of esters is 1. The topological polar surface area (TPSA) is 50.2 Å². The molecule has 0 aromatic rings. The van der Waals surface area contributed by atoms with Gasteiger partial charge in [-0.15, -0.1) is 0 Å². The second kappa shape index (κ2) is 4.97. The third-order valence-corrected chi connectivity index (χ3v) is 1.14. The van der Waals surface area contributed by atoms with E-state index in [1.54, 1.807) is 0 Å². The summed E-state index contributed by atoms with van der Waals surface area (Å²) in [4.78, 5) is 10.5. The SMILES string of the molecule is CCCC(=N)CC(=O)OC. The van der Waals surface area contributed by atoms with Gasteiger partial charge < -0.3 is 10.1 Å². The summed E-state index contributed by atoms with van der Waals surface area (Å²) in [6.07, 6.45) is 1.75. The van der Waals surface area contributed by atoms with E-state index in [1.165, 1.54) is 7.11 Å². The highest BCUT2D eigenvalue weighted by molar-refractivity contribution is 5.97. The molecule has 10 heavy (non-hydrogen) atoms. The standard InChI is InChI=1S/C7H13NO2/c1-3-4-6(8)5-7(9)10-2/h8H,3-5H2,1-2H3. The minimum absolute atomic E-state index is 0.143. The van der Waals surface area contributed by atoms with Crippen LogP contribution in [0, 0.1) is 5.41 Å². The molecule has 0 aliphatic heterocycles. The number of carbonyl (C=O) groups excluding carboxylic acids is 1. The van der Waals surface area contributed by atoms with Crippen LogP contribution in [0.5, 0.6) is 0 Å². The highest BCUT2D eigenvalue weighted by Gasteiger charge is 2.03. The van der Waals surface area contributed by atoms with E-state index >= 15 is 0 Å². The largest absolute Gasteiger partial charge is 0.469 e. The summed E-state index contributed by atoms with van der Waals surface area (Å²) >= 11 is 0. The first-order valence-electron chi connectivity index (χ1n) is 3.33. The maximum Gasteiger partial charge on any atom is 0.311 e. The van der Waals surface area contributed by atoms with Gasteiger partial charge in [0.15, 0.2) is 0 Å². The van der Waals surface area contributed by atoms with Crippen LogP contribution in [0.2, 0.25) is 0 Å². The summed E-state index contributed by atoms with van der Waals surface area (Å²) in [6, 6.07) is 0. The maximum atomic E-state index is 10.5. The van der Waals surface area contributed by atoms with Crippen LogP contribution in [-0.4, -0.2) is 18.8 Å². The van der Waals surface area contributed by atoms with E-state index in [0.717, 1.165) is 6.42 Å². The molecule has 0 rings (SSSR count). The molecule has 58 valence electrons. The first kappa shape index (κ1) is 9.14. The van der Waals surface area contributed by atoms with Crippen molar-refractivity contribution in [2.24, 2.45) is 0 Å². The van der Waals surface area contributed by atoms with Crippen molar-refractivity contribution in [1.29, 1.82) is 5.41 Å². The van der Waals surface area contributed by atoms with E-state index < -0.39 is 0 Å². The number of hydrogen-bond donors (Lipinski definition) is 1. The third kappa shape index (κ3) is 4.06. The zero-order valence-corrected chi connectivity index (χ0v) is 6.44. The van der Waals surface area contributed by atoms with E-state index in [4.69, 9.17) is 5.41 Å². The summed E-state index contributed by atoms with van der Waals surface area (Å²) in [6.45, 7) is 1.98. The predicted octanol–water partition coefficient (Wildman–Crippen LogP) is 1.37. The Labute approximate surface area is 60.9 Å². The molecule has 0 atom stereocenters. The average Bonchev–Trinajstić information content (AvgIpc) is 1.88. The Bertz CT molecular complexity index is 132. The van der Waals surface area contributed by atoms with Gasteiger partial charge in [-0.1, -0.05) is 13.3 Å². The van der Waals surface area contributed by atoms with E-state index in [0.29, 0.717) is 12.1 Å². The molecule has 3 nitrogen and oxygen atoms in total. The number of nitrogens with one attached hydrogen (secondary N) is 1. The van der Waals surface area contributed by atoms with E-state index in [-0.39, 0.29) is 12.4 Å². The van der Waals surface area contributed by atoms with E-state index in [2.05, 4.69) is 4.74 Å². The van der Waals surface area contributed by atoms with Crippen LogP contribution in [0.1, 0.15) is 26.2 Å². The summed E-state index contributed by atoms with van der Waals surface area (Å²) in [7, 11) is 1.33. The fraction of sp³-hybridized carbons (Fsp3) is 0.714. The minimum atomic E-state index is -0.321. The Morgan fingerprint density at radius 2 is 2.20 bits per heavy atom.